The van der Waals surface area contributed by atoms with Gasteiger partial charge >= 0.3 is 5.97 Å². The monoisotopic (exact) mass is 325 g/mol. The maximum atomic E-state index is 10.6. The van der Waals surface area contributed by atoms with Gasteiger partial charge in [0.2, 0.25) is 0 Å². The number of aliphatic carboxylic acids is 1. The highest BCUT2D eigenvalue weighted by molar-refractivity contribution is 7.98. The zero-order chi connectivity index (χ0) is 16.0. The molecule has 4 rings (SSSR count). The molecule has 0 fully saturated rings. The van der Waals surface area contributed by atoms with Gasteiger partial charge in [0.25, 0.3) is 0 Å². The fourth-order valence-corrected chi connectivity index (χ4v) is 4.08. The molecule has 0 unspecified atom stereocenters. The van der Waals surface area contributed by atoms with Crippen LogP contribution in [0, 0.1) is 6.92 Å². The van der Waals surface area contributed by atoms with E-state index in [2.05, 4.69) is 30.1 Å². The summed E-state index contributed by atoms with van der Waals surface area (Å²) in [6, 6.07) is 12.2. The molecule has 2 N–H and O–H groups in total. The van der Waals surface area contributed by atoms with Gasteiger partial charge in [-0.1, -0.05) is 11.6 Å². The van der Waals surface area contributed by atoms with Crippen LogP contribution in [0.1, 0.15) is 11.1 Å². The summed E-state index contributed by atoms with van der Waals surface area (Å²) in [6.45, 7) is 1.79. The summed E-state index contributed by atoms with van der Waals surface area (Å²) in [5.74, 6) is 0.520. The van der Waals surface area contributed by atoms with Gasteiger partial charge in [-0.05, 0) is 42.8 Å². The molecule has 2 heterocycles. The predicted octanol–water partition coefficient (Wildman–Crippen LogP) is 4.21. The summed E-state index contributed by atoms with van der Waals surface area (Å²) in [4.78, 5) is 15.3. The zero-order valence-electron chi connectivity index (χ0n) is 12.6. The first-order valence-electron chi connectivity index (χ1n) is 7.35. The minimum atomic E-state index is -0.969. The van der Waals surface area contributed by atoms with Crippen molar-refractivity contribution in [2.75, 3.05) is 6.61 Å². The number of ether oxygens (including phenoxy) is 1. The summed E-state index contributed by atoms with van der Waals surface area (Å²) < 4.78 is 5.27. The third-order valence-corrected chi connectivity index (χ3v) is 5.10. The van der Waals surface area contributed by atoms with Crippen molar-refractivity contribution in [1.82, 2.24) is 4.98 Å². The SMILES string of the molecule is Cc1ccc2[nH]c3c(c2c1)CSc1cc(OCC(=O)O)ccc1-3. The van der Waals surface area contributed by atoms with Gasteiger partial charge in [0.15, 0.2) is 6.61 Å². The topological polar surface area (TPSA) is 62.3 Å². The summed E-state index contributed by atoms with van der Waals surface area (Å²) >= 11 is 1.76. The molecule has 0 radical (unpaired) electrons. The lowest BCUT2D eigenvalue weighted by molar-refractivity contribution is -0.139. The lowest BCUT2D eigenvalue weighted by atomic mass is 10.0. The van der Waals surface area contributed by atoms with Crippen molar-refractivity contribution in [1.29, 1.82) is 0 Å². The van der Waals surface area contributed by atoms with E-state index in [-0.39, 0.29) is 6.61 Å². The Morgan fingerprint density at radius 3 is 3.00 bits per heavy atom. The molecule has 0 saturated carbocycles. The molecule has 3 aromatic rings. The molecule has 116 valence electrons. The number of benzene rings is 2. The lowest BCUT2D eigenvalue weighted by Gasteiger charge is -2.17. The van der Waals surface area contributed by atoms with E-state index in [9.17, 15) is 4.79 Å². The van der Waals surface area contributed by atoms with Gasteiger partial charge in [-0.2, -0.15) is 0 Å². The molecule has 0 amide bonds. The van der Waals surface area contributed by atoms with Gasteiger partial charge in [0, 0.05) is 27.1 Å². The van der Waals surface area contributed by atoms with Crippen LogP contribution >= 0.6 is 11.8 Å². The predicted molar refractivity (Wildman–Crippen MR) is 91.2 cm³/mol. The van der Waals surface area contributed by atoms with E-state index in [1.54, 1.807) is 11.8 Å². The first-order valence-corrected chi connectivity index (χ1v) is 8.33. The summed E-state index contributed by atoms with van der Waals surface area (Å²) in [7, 11) is 0. The molecular weight excluding hydrogens is 310 g/mol. The molecule has 1 aromatic heterocycles. The number of rotatable bonds is 3. The molecule has 0 saturated heterocycles. The molecule has 0 atom stereocenters. The molecule has 0 aliphatic carbocycles. The van der Waals surface area contributed by atoms with E-state index < -0.39 is 5.97 Å². The van der Waals surface area contributed by atoms with Gasteiger partial charge in [-0.25, -0.2) is 4.79 Å². The number of hydrogen-bond donors (Lipinski definition) is 2. The highest BCUT2D eigenvalue weighted by Crippen LogP contribution is 2.45. The Bertz CT molecular complexity index is 929. The highest BCUT2D eigenvalue weighted by Gasteiger charge is 2.21. The van der Waals surface area contributed by atoms with E-state index in [0.717, 1.165) is 27.4 Å². The Kier molecular flexibility index (Phi) is 3.31. The van der Waals surface area contributed by atoms with Gasteiger partial charge < -0.3 is 14.8 Å². The minimum Gasteiger partial charge on any atom is -0.482 e. The third-order valence-electron chi connectivity index (χ3n) is 4.02. The molecule has 5 heteroatoms. The number of thioether (sulfide) groups is 1. The average molecular weight is 325 g/mol. The van der Waals surface area contributed by atoms with Crippen LogP contribution < -0.4 is 4.74 Å². The molecule has 23 heavy (non-hydrogen) atoms. The lowest BCUT2D eigenvalue weighted by Crippen LogP contribution is -2.09. The number of aromatic nitrogens is 1. The van der Waals surface area contributed by atoms with Crippen molar-refractivity contribution in [2.24, 2.45) is 0 Å². The van der Waals surface area contributed by atoms with Crippen LogP contribution in [0.15, 0.2) is 41.3 Å². The van der Waals surface area contributed by atoms with Crippen molar-refractivity contribution in [3.63, 3.8) is 0 Å². The smallest absolute Gasteiger partial charge is 0.341 e. The average Bonchev–Trinajstić information content (AvgIpc) is 2.90. The number of carboxylic acid groups (broad SMARTS) is 1. The second kappa shape index (κ2) is 5.35. The van der Waals surface area contributed by atoms with Gasteiger partial charge in [0.1, 0.15) is 5.75 Å². The maximum absolute atomic E-state index is 10.6. The largest absolute Gasteiger partial charge is 0.482 e. The number of hydrogen-bond acceptors (Lipinski definition) is 3. The molecule has 4 nitrogen and oxygen atoms in total. The van der Waals surface area contributed by atoms with E-state index in [1.807, 2.05) is 18.2 Å². The standard InChI is InChI=1S/C18H15NO3S/c1-10-2-5-15-13(6-10)14-9-23-16-7-11(22-8-17(20)21)3-4-12(16)18(14)19-15/h2-7,19H,8-9H2,1H3,(H,20,21). The first kappa shape index (κ1) is 14.2. The van der Waals surface area contributed by atoms with E-state index in [4.69, 9.17) is 9.84 Å². The molecular formula is C18H15NO3S. The number of aromatic amines is 1. The van der Waals surface area contributed by atoms with Crippen LogP contribution in [-0.4, -0.2) is 22.7 Å². The summed E-state index contributed by atoms with van der Waals surface area (Å²) in [5, 5.41) is 9.99. The molecule has 2 aromatic carbocycles. The van der Waals surface area contributed by atoms with E-state index in [1.165, 1.54) is 16.5 Å². The van der Waals surface area contributed by atoms with Crippen LogP contribution in [0.4, 0.5) is 0 Å². The molecule has 0 spiro atoms. The number of H-pyrrole nitrogens is 1. The highest BCUT2D eigenvalue weighted by atomic mass is 32.2. The minimum absolute atomic E-state index is 0.319. The third kappa shape index (κ3) is 2.47. The van der Waals surface area contributed by atoms with Crippen molar-refractivity contribution in [3.8, 4) is 17.0 Å². The number of carbonyl (C=O) groups is 1. The van der Waals surface area contributed by atoms with Crippen LogP contribution in [-0.2, 0) is 10.5 Å². The number of nitrogens with one attached hydrogen (secondary N) is 1. The molecule has 1 aliphatic heterocycles. The number of carboxylic acids is 1. The normalized spacial score (nSPS) is 12.7. The Hall–Kier alpha value is -2.40. The van der Waals surface area contributed by atoms with Crippen molar-refractivity contribution < 1.29 is 14.6 Å². The Balaban J connectivity index is 1.78. The second-order valence-corrected chi connectivity index (χ2v) is 6.67. The fourth-order valence-electron chi connectivity index (χ4n) is 2.95. The Morgan fingerprint density at radius 1 is 1.30 bits per heavy atom. The van der Waals surface area contributed by atoms with Crippen molar-refractivity contribution in [2.45, 2.75) is 17.6 Å². The summed E-state index contributed by atoms with van der Waals surface area (Å²) in [6.07, 6.45) is 0. The Labute approximate surface area is 137 Å². The van der Waals surface area contributed by atoms with E-state index >= 15 is 0 Å². The maximum Gasteiger partial charge on any atom is 0.341 e. The quantitative estimate of drug-likeness (QED) is 0.757. The van der Waals surface area contributed by atoms with Gasteiger partial charge in [-0.3, -0.25) is 0 Å². The number of fused-ring (bicyclic) bond motifs is 5. The van der Waals surface area contributed by atoms with Crippen LogP contribution in [0.25, 0.3) is 22.2 Å². The van der Waals surface area contributed by atoms with Crippen molar-refractivity contribution >= 4 is 28.6 Å². The van der Waals surface area contributed by atoms with Crippen molar-refractivity contribution in [3.05, 3.63) is 47.5 Å². The van der Waals surface area contributed by atoms with E-state index in [0.29, 0.717) is 5.75 Å². The first-order chi connectivity index (χ1) is 11.1. The Morgan fingerprint density at radius 2 is 2.17 bits per heavy atom. The fraction of sp³-hybridized carbons (Fsp3) is 0.167. The molecule has 1 aliphatic rings. The van der Waals surface area contributed by atoms with Crippen LogP contribution in [0.5, 0.6) is 5.75 Å². The zero-order valence-corrected chi connectivity index (χ0v) is 13.4. The molecule has 0 bridgehead atoms. The summed E-state index contributed by atoms with van der Waals surface area (Å²) in [5.41, 5.74) is 6.05. The van der Waals surface area contributed by atoms with Gasteiger partial charge in [-0.15, -0.1) is 11.8 Å². The van der Waals surface area contributed by atoms with Crippen LogP contribution in [0.2, 0.25) is 0 Å². The van der Waals surface area contributed by atoms with Gasteiger partial charge in [0.05, 0.1) is 5.69 Å². The second-order valence-electron chi connectivity index (χ2n) is 5.66. The van der Waals surface area contributed by atoms with Crippen LogP contribution in [0.3, 0.4) is 0 Å². The number of aryl methyl sites for hydroxylation is 1.